The monoisotopic (exact) mass is 291 g/mol. The van der Waals surface area contributed by atoms with Crippen molar-refractivity contribution in [2.75, 3.05) is 5.73 Å². The summed E-state index contributed by atoms with van der Waals surface area (Å²) in [7, 11) is 0. The highest BCUT2D eigenvalue weighted by molar-refractivity contribution is 5.93. The number of nitrogen functional groups attached to an aromatic ring is 1. The number of carbonyl (C=O) groups excluding carboxylic acids is 1. The Morgan fingerprint density at radius 2 is 2.14 bits per heavy atom. The van der Waals surface area contributed by atoms with Crippen molar-refractivity contribution in [1.29, 1.82) is 0 Å². The van der Waals surface area contributed by atoms with Gasteiger partial charge in [-0.05, 0) is 33.8 Å². The van der Waals surface area contributed by atoms with E-state index in [4.69, 9.17) is 10.5 Å². The molecule has 21 heavy (non-hydrogen) atoms. The van der Waals surface area contributed by atoms with Crippen molar-refractivity contribution < 1.29 is 9.53 Å². The molecule has 2 heterocycles. The highest BCUT2D eigenvalue weighted by Gasteiger charge is 2.20. The lowest BCUT2D eigenvalue weighted by atomic mass is 10.3. The number of nitrogens with two attached hydrogens (primary N) is 1. The number of aromatic nitrogens is 4. The predicted molar refractivity (Wildman–Crippen MR) is 78.8 cm³/mol. The molecule has 0 spiro atoms. The van der Waals surface area contributed by atoms with Crippen molar-refractivity contribution in [1.82, 2.24) is 19.6 Å². The van der Waals surface area contributed by atoms with Gasteiger partial charge in [-0.3, -0.25) is 9.36 Å². The molecular formula is C14H21N5O2. The van der Waals surface area contributed by atoms with Crippen LogP contribution in [0.4, 0.5) is 5.69 Å². The Labute approximate surface area is 123 Å². The minimum atomic E-state index is -0.478. The van der Waals surface area contributed by atoms with E-state index < -0.39 is 5.97 Å². The molecule has 0 aliphatic carbocycles. The first-order valence-electron chi connectivity index (χ1n) is 6.98. The molecule has 114 valence electrons. The summed E-state index contributed by atoms with van der Waals surface area (Å²) in [6.07, 6.45) is 1.86. The standard InChI is InChI=1S/C14H21N5O2/c1-5-18-13(12(15)10(4)16-18)14(20)21-8-11-6-7-19(17-11)9(2)3/h6-7,9H,5,8,15H2,1-4H3. The molecule has 0 atom stereocenters. The third-order valence-electron chi connectivity index (χ3n) is 3.21. The first kappa shape index (κ1) is 15.1. The van der Waals surface area contributed by atoms with Crippen LogP contribution >= 0.6 is 0 Å². The number of anilines is 1. The van der Waals surface area contributed by atoms with Crippen LogP contribution in [0, 0.1) is 6.92 Å². The van der Waals surface area contributed by atoms with Crippen LogP contribution < -0.4 is 5.73 Å². The lowest BCUT2D eigenvalue weighted by Crippen LogP contribution is -2.14. The van der Waals surface area contributed by atoms with Crippen LogP contribution in [0.5, 0.6) is 0 Å². The van der Waals surface area contributed by atoms with Gasteiger partial charge < -0.3 is 10.5 Å². The highest BCUT2D eigenvalue weighted by atomic mass is 16.5. The second-order valence-corrected chi connectivity index (χ2v) is 5.12. The smallest absolute Gasteiger partial charge is 0.359 e. The van der Waals surface area contributed by atoms with Crippen molar-refractivity contribution in [3.63, 3.8) is 0 Å². The molecule has 0 radical (unpaired) electrons. The number of aryl methyl sites for hydroxylation is 2. The molecule has 2 aromatic heterocycles. The van der Waals surface area contributed by atoms with E-state index in [2.05, 4.69) is 10.2 Å². The van der Waals surface area contributed by atoms with Gasteiger partial charge in [0.15, 0.2) is 5.69 Å². The van der Waals surface area contributed by atoms with Crippen molar-refractivity contribution in [2.24, 2.45) is 0 Å². The summed E-state index contributed by atoms with van der Waals surface area (Å²) in [5.74, 6) is -0.478. The molecule has 7 nitrogen and oxygen atoms in total. The van der Waals surface area contributed by atoms with Gasteiger partial charge in [0, 0.05) is 18.8 Å². The molecule has 2 aromatic rings. The molecule has 0 aliphatic rings. The molecule has 0 bridgehead atoms. The van der Waals surface area contributed by atoms with E-state index in [-0.39, 0.29) is 12.6 Å². The van der Waals surface area contributed by atoms with Gasteiger partial charge >= 0.3 is 5.97 Å². The fraction of sp³-hybridized carbons (Fsp3) is 0.500. The Morgan fingerprint density at radius 1 is 1.43 bits per heavy atom. The zero-order valence-corrected chi connectivity index (χ0v) is 12.8. The van der Waals surface area contributed by atoms with Crippen LogP contribution in [0.15, 0.2) is 12.3 Å². The van der Waals surface area contributed by atoms with Crippen LogP contribution in [-0.2, 0) is 17.9 Å². The van der Waals surface area contributed by atoms with Crippen LogP contribution in [0.3, 0.4) is 0 Å². The molecule has 7 heteroatoms. The second-order valence-electron chi connectivity index (χ2n) is 5.12. The SMILES string of the molecule is CCn1nc(C)c(N)c1C(=O)OCc1ccn(C(C)C)n1. The summed E-state index contributed by atoms with van der Waals surface area (Å²) in [4.78, 5) is 12.2. The molecule has 0 unspecified atom stereocenters. The minimum Gasteiger partial charge on any atom is -0.454 e. The van der Waals surface area contributed by atoms with Gasteiger partial charge in [0.2, 0.25) is 0 Å². The number of rotatable bonds is 5. The Morgan fingerprint density at radius 3 is 2.71 bits per heavy atom. The van der Waals surface area contributed by atoms with Gasteiger partial charge in [0.1, 0.15) is 6.61 Å². The Hall–Kier alpha value is -2.31. The van der Waals surface area contributed by atoms with Crippen molar-refractivity contribution >= 4 is 11.7 Å². The maximum atomic E-state index is 12.2. The van der Waals surface area contributed by atoms with E-state index in [1.807, 2.05) is 37.7 Å². The van der Waals surface area contributed by atoms with E-state index in [0.717, 1.165) is 0 Å². The third-order valence-corrected chi connectivity index (χ3v) is 3.21. The zero-order chi connectivity index (χ0) is 15.6. The average Bonchev–Trinajstić information content (AvgIpc) is 3.02. The van der Waals surface area contributed by atoms with Crippen LogP contribution in [0.25, 0.3) is 0 Å². The molecule has 2 N–H and O–H groups in total. The number of esters is 1. The normalized spacial score (nSPS) is 11.1. The Bertz CT molecular complexity index is 642. The summed E-state index contributed by atoms with van der Waals surface area (Å²) in [6, 6.07) is 2.10. The maximum Gasteiger partial charge on any atom is 0.359 e. The van der Waals surface area contributed by atoms with Gasteiger partial charge in [-0.15, -0.1) is 0 Å². The summed E-state index contributed by atoms with van der Waals surface area (Å²) in [6.45, 7) is 8.41. The minimum absolute atomic E-state index is 0.117. The first-order chi connectivity index (χ1) is 9.93. The van der Waals surface area contributed by atoms with Gasteiger partial charge in [-0.2, -0.15) is 10.2 Å². The maximum absolute atomic E-state index is 12.2. The van der Waals surface area contributed by atoms with E-state index in [0.29, 0.717) is 29.3 Å². The fourth-order valence-corrected chi connectivity index (χ4v) is 1.99. The van der Waals surface area contributed by atoms with Crippen LogP contribution in [-0.4, -0.2) is 25.5 Å². The van der Waals surface area contributed by atoms with Gasteiger partial charge in [0.05, 0.1) is 17.1 Å². The zero-order valence-electron chi connectivity index (χ0n) is 12.8. The Balaban J connectivity index is 2.08. The van der Waals surface area contributed by atoms with E-state index >= 15 is 0 Å². The van der Waals surface area contributed by atoms with Crippen LogP contribution in [0.2, 0.25) is 0 Å². The second kappa shape index (κ2) is 5.99. The average molecular weight is 291 g/mol. The lowest BCUT2D eigenvalue weighted by Gasteiger charge is -2.06. The first-order valence-corrected chi connectivity index (χ1v) is 6.98. The fourth-order valence-electron chi connectivity index (χ4n) is 1.99. The number of hydrogen-bond acceptors (Lipinski definition) is 5. The largest absolute Gasteiger partial charge is 0.454 e. The molecule has 0 fully saturated rings. The molecule has 0 aromatic carbocycles. The third kappa shape index (κ3) is 3.07. The quantitative estimate of drug-likeness (QED) is 0.850. The molecule has 0 saturated carbocycles. The van der Waals surface area contributed by atoms with Gasteiger partial charge in [-0.1, -0.05) is 0 Å². The van der Waals surface area contributed by atoms with Crippen molar-refractivity contribution in [3.8, 4) is 0 Å². The van der Waals surface area contributed by atoms with E-state index in [9.17, 15) is 4.79 Å². The molecule has 2 rings (SSSR count). The van der Waals surface area contributed by atoms with E-state index in [1.54, 1.807) is 11.6 Å². The number of carbonyl (C=O) groups is 1. The molecular weight excluding hydrogens is 270 g/mol. The van der Waals surface area contributed by atoms with E-state index in [1.165, 1.54) is 0 Å². The van der Waals surface area contributed by atoms with Crippen LogP contribution in [0.1, 0.15) is 48.7 Å². The topological polar surface area (TPSA) is 88.0 Å². The molecule has 0 saturated heterocycles. The summed E-state index contributed by atoms with van der Waals surface area (Å²) < 4.78 is 8.66. The summed E-state index contributed by atoms with van der Waals surface area (Å²) >= 11 is 0. The summed E-state index contributed by atoms with van der Waals surface area (Å²) in [5, 5.41) is 8.53. The number of ether oxygens (including phenoxy) is 1. The van der Waals surface area contributed by atoms with Crippen molar-refractivity contribution in [3.05, 3.63) is 29.3 Å². The molecule has 0 amide bonds. The lowest BCUT2D eigenvalue weighted by molar-refractivity contribution is 0.0454. The van der Waals surface area contributed by atoms with Crippen molar-refractivity contribution in [2.45, 2.75) is 46.9 Å². The highest BCUT2D eigenvalue weighted by Crippen LogP contribution is 2.18. The van der Waals surface area contributed by atoms with Gasteiger partial charge in [0.25, 0.3) is 0 Å². The summed E-state index contributed by atoms with van der Waals surface area (Å²) in [5.41, 5.74) is 7.90. The predicted octanol–water partition coefficient (Wildman–Crippen LogP) is 1.93. The van der Waals surface area contributed by atoms with Gasteiger partial charge in [-0.25, -0.2) is 4.79 Å². The Kier molecular flexibility index (Phi) is 4.30. The molecule has 0 aliphatic heterocycles. The number of nitrogens with zero attached hydrogens (tertiary/aromatic N) is 4. The number of hydrogen-bond donors (Lipinski definition) is 1.